The summed E-state index contributed by atoms with van der Waals surface area (Å²) < 4.78 is 2.32. The van der Waals surface area contributed by atoms with Crippen molar-refractivity contribution < 1.29 is 4.79 Å². The minimum atomic E-state index is 0.398. The van der Waals surface area contributed by atoms with Crippen molar-refractivity contribution in [3.8, 4) is 0 Å². The lowest BCUT2D eigenvalue weighted by atomic mass is 9.86. The van der Waals surface area contributed by atoms with Gasteiger partial charge in [-0.2, -0.15) is 0 Å². The first-order chi connectivity index (χ1) is 12.1. The Kier molecular flexibility index (Phi) is 6.55. The van der Waals surface area contributed by atoms with Gasteiger partial charge in [0.1, 0.15) is 5.82 Å². The molecule has 4 nitrogen and oxygen atoms in total. The first kappa shape index (κ1) is 18.5. The monoisotopic (exact) mass is 345 g/mol. The summed E-state index contributed by atoms with van der Waals surface area (Å²) in [6.45, 7) is 7.34. The largest absolute Gasteiger partial charge is 0.343 e. The molecule has 1 aliphatic heterocycles. The van der Waals surface area contributed by atoms with Gasteiger partial charge in [0, 0.05) is 44.4 Å². The Hall–Kier alpha value is -1.32. The van der Waals surface area contributed by atoms with Crippen molar-refractivity contribution in [2.75, 3.05) is 13.1 Å². The van der Waals surface area contributed by atoms with Crippen molar-refractivity contribution in [1.29, 1.82) is 0 Å². The lowest BCUT2D eigenvalue weighted by molar-refractivity contribution is -0.133. The van der Waals surface area contributed by atoms with E-state index in [0.29, 0.717) is 17.7 Å². The van der Waals surface area contributed by atoms with Gasteiger partial charge in [0.05, 0.1) is 0 Å². The average molecular weight is 346 g/mol. The smallest absolute Gasteiger partial charge is 0.222 e. The zero-order chi connectivity index (χ0) is 17.6. The number of imidazole rings is 1. The van der Waals surface area contributed by atoms with Crippen LogP contribution < -0.4 is 0 Å². The third kappa shape index (κ3) is 5.08. The third-order valence-electron chi connectivity index (χ3n) is 6.18. The van der Waals surface area contributed by atoms with Crippen molar-refractivity contribution in [1.82, 2.24) is 14.5 Å². The molecule has 1 saturated heterocycles. The average Bonchev–Trinajstić information content (AvgIpc) is 3.09. The Balaban J connectivity index is 1.40. The summed E-state index contributed by atoms with van der Waals surface area (Å²) in [6, 6.07) is 0. The molecule has 1 aliphatic carbocycles. The maximum atomic E-state index is 12.5. The quantitative estimate of drug-likeness (QED) is 0.755. The van der Waals surface area contributed by atoms with Crippen LogP contribution in [0.4, 0.5) is 0 Å². The van der Waals surface area contributed by atoms with E-state index in [-0.39, 0.29) is 0 Å². The molecule has 140 valence electrons. The van der Waals surface area contributed by atoms with E-state index in [1.165, 1.54) is 37.9 Å². The maximum Gasteiger partial charge on any atom is 0.222 e. The van der Waals surface area contributed by atoms with Gasteiger partial charge in [-0.15, -0.1) is 0 Å². The zero-order valence-corrected chi connectivity index (χ0v) is 16.1. The van der Waals surface area contributed by atoms with Crippen LogP contribution in [0.15, 0.2) is 12.4 Å². The summed E-state index contributed by atoms with van der Waals surface area (Å²) in [4.78, 5) is 19.1. The van der Waals surface area contributed by atoms with Crippen molar-refractivity contribution in [3.63, 3.8) is 0 Å². The Bertz CT molecular complexity index is 537. The SMILES string of the molecule is CC(C)c1nccn1CC1CCN(C(=O)CCC2CCCCC2)CC1. The molecule has 25 heavy (non-hydrogen) atoms. The van der Waals surface area contributed by atoms with Crippen LogP contribution in [0.25, 0.3) is 0 Å². The van der Waals surface area contributed by atoms with E-state index in [9.17, 15) is 4.79 Å². The minimum Gasteiger partial charge on any atom is -0.343 e. The van der Waals surface area contributed by atoms with Crippen LogP contribution in [0.5, 0.6) is 0 Å². The lowest BCUT2D eigenvalue weighted by Crippen LogP contribution is -2.39. The fourth-order valence-electron chi connectivity index (χ4n) is 4.58. The van der Waals surface area contributed by atoms with E-state index >= 15 is 0 Å². The highest BCUT2D eigenvalue weighted by Gasteiger charge is 2.24. The highest BCUT2D eigenvalue weighted by Crippen LogP contribution is 2.28. The second kappa shape index (κ2) is 8.86. The van der Waals surface area contributed by atoms with Crippen LogP contribution in [0.1, 0.15) is 83.4 Å². The van der Waals surface area contributed by atoms with Crippen LogP contribution >= 0.6 is 0 Å². The number of carbonyl (C=O) groups excluding carboxylic acids is 1. The number of likely N-dealkylation sites (tertiary alicyclic amines) is 1. The molecule has 0 N–H and O–H groups in total. The summed E-state index contributed by atoms with van der Waals surface area (Å²) in [5.74, 6) is 3.54. The molecule has 2 fully saturated rings. The van der Waals surface area contributed by atoms with Crippen LogP contribution in [-0.4, -0.2) is 33.4 Å². The molecule has 1 aromatic heterocycles. The Labute approximate surface area is 153 Å². The van der Waals surface area contributed by atoms with Crippen molar-refractivity contribution >= 4 is 5.91 Å². The molecule has 4 heteroatoms. The number of aromatic nitrogens is 2. The third-order valence-corrected chi connectivity index (χ3v) is 6.18. The molecule has 1 amide bonds. The molecule has 2 aliphatic rings. The normalized spacial score (nSPS) is 20.4. The highest BCUT2D eigenvalue weighted by atomic mass is 16.2. The van der Waals surface area contributed by atoms with E-state index in [2.05, 4.69) is 34.5 Å². The number of nitrogens with zero attached hydrogens (tertiary/aromatic N) is 3. The molecule has 0 unspecified atom stereocenters. The predicted molar refractivity (Wildman–Crippen MR) is 101 cm³/mol. The standard InChI is InChI=1S/C21H35N3O/c1-17(2)21-22-12-15-24(21)16-19-10-13-23(14-11-19)20(25)9-8-18-6-4-3-5-7-18/h12,15,17-19H,3-11,13-14,16H2,1-2H3. The van der Waals surface area contributed by atoms with Gasteiger partial charge in [-0.25, -0.2) is 4.98 Å². The minimum absolute atomic E-state index is 0.398. The predicted octanol–water partition coefficient (Wildman–Crippen LogP) is 4.61. The zero-order valence-electron chi connectivity index (χ0n) is 16.1. The summed E-state index contributed by atoms with van der Waals surface area (Å²) >= 11 is 0. The van der Waals surface area contributed by atoms with Crippen LogP contribution in [0.2, 0.25) is 0 Å². The van der Waals surface area contributed by atoms with E-state index in [4.69, 9.17) is 0 Å². The second-order valence-corrected chi connectivity index (χ2v) is 8.46. The van der Waals surface area contributed by atoms with E-state index in [1.807, 2.05) is 6.20 Å². The fourth-order valence-corrected chi connectivity index (χ4v) is 4.58. The number of hydrogen-bond donors (Lipinski definition) is 0. The Morgan fingerprint density at radius 3 is 2.52 bits per heavy atom. The Morgan fingerprint density at radius 1 is 1.12 bits per heavy atom. The summed E-state index contributed by atoms with van der Waals surface area (Å²) in [7, 11) is 0. The fraction of sp³-hybridized carbons (Fsp3) is 0.810. The van der Waals surface area contributed by atoms with Crippen molar-refractivity contribution in [2.45, 2.75) is 84.1 Å². The summed E-state index contributed by atoms with van der Waals surface area (Å²) in [5, 5.41) is 0. The van der Waals surface area contributed by atoms with Gasteiger partial charge in [0.2, 0.25) is 5.91 Å². The molecular formula is C21H35N3O. The molecule has 0 atom stereocenters. The van der Waals surface area contributed by atoms with Crippen LogP contribution in [0.3, 0.4) is 0 Å². The molecule has 0 radical (unpaired) electrons. The van der Waals surface area contributed by atoms with Gasteiger partial charge < -0.3 is 9.47 Å². The number of hydrogen-bond acceptors (Lipinski definition) is 2. The van der Waals surface area contributed by atoms with Gasteiger partial charge in [-0.3, -0.25) is 4.79 Å². The van der Waals surface area contributed by atoms with Gasteiger partial charge >= 0.3 is 0 Å². The maximum absolute atomic E-state index is 12.5. The molecule has 3 rings (SSSR count). The van der Waals surface area contributed by atoms with Crippen LogP contribution in [-0.2, 0) is 11.3 Å². The van der Waals surface area contributed by atoms with Gasteiger partial charge in [-0.1, -0.05) is 46.0 Å². The number of rotatable bonds is 6. The Morgan fingerprint density at radius 2 is 1.84 bits per heavy atom. The number of amides is 1. The lowest BCUT2D eigenvalue weighted by Gasteiger charge is -2.33. The van der Waals surface area contributed by atoms with Gasteiger partial charge in [0.25, 0.3) is 0 Å². The molecule has 2 heterocycles. The summed E-state index contributed by atoms with van der Waals surface area (Å²) in [5.41, 5.74) is 0. The van der Waals surface area contributed by atoms with Gasteiger partial charge in [0.15, 0.2) is 0 Å². The number of piperidine rings is 1. The summed E-state index contributed by atoms with van der Waals surface area (Å²) in [6.07, 6.45) is 15.0. The number of carbonyl (C=O) groups is 1. The topological polar surface area (TPSA) is 38.1 Å². The highest BCUT2D eigenvalue weighted by molar-refractivity contribution is 5.76. The van der Waals surface area contributed by atoms with E-state index < -0.39 is 0 Å². The molecule has 0 bridgehead atoms. The molecule has 1 aromatic rings. The molecule has 1 saturated carbocycles. The van der Waals surface area contributed by atoms with E-state index in [0.717, 1.165) is 51.2 Å². The second-order valence-electron chi connectivity index (χ2n) is 8.46. The van der Waals surface area contributed by atoms with Crippen LogP contribution in [0, 0.1) is 11.8 Å². The molecule has 0 aromatic carbocycles. The molecule has 0 spiro atoms. The van der Waals surface area contributed by atoms with E-state index in [1.54, 1.807) is 0 Å². The molecular weight excluding hydrogens is 310 g/mol. The first-order valence-corrected chi connectivity index (χ1v) is 10.4. The first-order valence-electron chi connectivity index (χ1n) is 10.4. The van der Waals surface area contributed by atoms with Gasteiger partial charge in [-0.05, 0) is 31.1 Å². The van der Waals surface area contributed by atoms with Crippen molar-refractivity contribution in [2.24, 2.45) is 11.8 Å². The van der Waals surface area contributed by atoms with Crippen molar-refractivity contribution in [3.05, 3.63) is 18.2 Å².